The summed E-state index contributed by atoms with van der Waals surface area (Å²) in [6.45, 7) is 2.04. The number of nitrogens with zero attached hydrogens (tertiary/aromatic N) is 3. The summed E-state index contributed by atoms with van der Waals surface area (Å²) in [5.74, 6) is 1.72. The van der Waals surface area contributed by atoms with Crippen molar-refractivity contribution >= 4 is 23.1 Å². The number of aromatic nitrogens is 2. The molecule has 4 nitrogen and oxygen atoms in total. The maximum Gasteiger partial charge on any atom is 0.159 e. The van der Waals surface area contributed by atoms with Gasteiger partial charge in [0, 0.05) is 17.0 Å². The normalized spacial score (nSPS) is 15.3. The number of hydrogen-bond acceptors (Lipinski definition) is 3. The quantitative estimate of drug-likeness (QED) is 0.366. The molecule has 0 radical (unpaired) electrons. The Bertz CT molecular complexity index is 1240. The molecule has 0 bridgehead atoms. The van der Waals surface area contributed by atoms with Crippen molar-refractivity contribution in [2.75, 3.05) is 7.11 Å². The van der Waals surface area contributed by atoms with E-state index in [2.05, 4.69) is 41.1 Å². The molecule has 0 unspecified atom stereocenters. The van der Waals surface area contributed by atoms with Gasteiger partial charge in [0.2, 0.25) is 0 Å². The summed E-state index contributed by atoms with van der Waals surface area (Å²) in [5.41, 5.74) is 6.43. The van der Waals surface area contributed by atoms with Crippen LogP contribution in [0.1, 0.15) is 29.3 Å². The minimum absolute atomic E-state index is 0.0494. The van der Waals surface area contributed by atoms with Crippen LogP contribution < -0.4 is 4.74 Å². The largest absolute Gasteiger partial charge is 0.497 e. The lowest BCUT2D eigenvalue weighted by Gasteiger charge is -2.25. The maximum absolute atomic E-state index is 6.13. The topological polar surface area (TPSA) is 39.4 Å². The highest BCUT2D eigenvalue weighted by molar-refractivity contribution is 6.30. The van der Waals surface area contributed by atoms with Crippen molar-refractivity contribution in [2.45, 2.75) is 19.4 Å². The molecule has 1 aromatic heterocycles. The standard InChI is InChI=1S/C26H22ClN3O/c1-17-25(20-8-12-21(27)13-9-20)26-28-23(18-6-4-3-5-7-18)16-24(30(26)29-17)19-10-14-22(31-2)15-11-19/h3-15,24H,16H2,1-2H3/t24-/m1/s1. The van der Waals surface area contributed by atoms with Crippen LogP contribution in [0.15, 0.2) is 83.9 Å². The summed E-state index contributed by atoms with van der Waals surface area (Å²) >= 11 is 6.13. The van der Waals surface area contributed by atoms with Crippen LogP contribution in [-0.4, -0.2) is 22.6 Å². The zero-order valence-electron chi connectivity index (χ0n) is 17.4. The van der Waals surface area contributed by atoms with E-state index in [1.54, 1.807) is 7.11 Å². The molecule has 4 aromatic rings. The summed E-state index contributed by atoms with van der Waals surface area (Å²) in [4.78, 5) is 5.10. The second-order valence-corrected chi connectivity index (χ2v) is 8.09. The molecule has 0 saturated carbocycles. The summed E-state index contributed by atoms with van der Waals surface area (Å²) in [6.07, 6.45) is 0.768. The van der Waals surface area contributed by atoms with E-state index in [0.717, 1.165) is 46.1 Å². The number of halogens is 1. The second-order valence-electron chi connectivity index (χ2n) is 7.65. The van der Waals surface area contributed by atoms with E-state index in [0.29, 0.717) is 5.02 Å². The molecular weight excluding hydrogens is 406 g/mol. The van der Waals surface area contributed by atoms with E-state index >= 15 is 0 Å². The fraction of sp³-hybridized carbons (Fsp3) is 0.154. The van der Waals surface area contributed by atoms with Crippen LogP contribution in [-0.2, 0) is 0 Å². The predicted molar refractivity (Wildman–Crippen MR) is 126 cm³/mol. The van der Waals surface area contributed by atoms with Crippen LogP contribution >= 0.6 is 11.6 Å². The third-order valence-corrected chi connectivity index (χ3v) is 5.98. The molecule has 154 valence electrons. The van der Waals surface area contributed by atoms with E-state index in [-0.39, 0.29) is 6.04 Å². The van der Waals surface area contributed by atoms with Crippen LogP contribution in [0.4, 0.5) is 5.82 Å². The first kappa shape index (κ1) is 19.6. The third-order valence-electron chi connectivity index (χ3n) is 5.72. The SMILES string of the molecule is COc1ccc([C@H]2CC(c3ccccc3)=Nc3c(-c4ccc(Cl)cc4)c(C)nn32)cc1. The molecule has 0 aliphatic carbocycles. The number of fused-ring (bicyclic) bond motifs is 1. The highest BCUT2D eigenvalue weighted by Crippen LogP contribution is 2.42. The lowest BCUT2D eigenvalue weighted by atomic mass is 9.95. The Morgan fingerprint density at radius 1 is 0.903 bits per heavy atom. The Hall–Kier alpha value is -3.37. The number of benzene rings is 3. The van der Waals surface area contributed by atoms with Gasteiger partial charge in [-0.1, -0.05) is 66.2 Å². The van der Waals surface area contributed by atoms with Gasteiger partial charge in [0.1, 0.15) is 5.75 Å². The molecule has 1 aliphatic rings. The van der Waals surface area contributed by atoms with Crippen molar-refractivity contribution in [3.63, 3.8) is 0 Å². The smallest absolute Gasteiger partial charge is 0.159 e. The van der Waals surface area contributed by atoms with Crippen LogP contribution in [0.25, 0.3) is 11.1 Å². The van der Waals surface area contributed by atoms with E-state index < -0.39 is 0 Å². The maximum atomic E-state index is 6.13. The highest BCUT2D eigenvalue weighted by Gasteiger charge is 2.29. The first-order valence-corrected chi connectivity index (χ1v) is 10.6. The Morgan fingerprint density at radius 3 is 2.29 bits per heavy atom. The number of aliphatic imine (C=N–C) groups is 1. The van der Waals surface area contributed by atoms with Crippen molar-refractivity contribution in [1.29, 1.82) is 0 Å². The van der Waals surface area contributed by atoms with E-state index in [1.165, 1.54) is 5.56 Å². The zero-order chi connectivity index (χ0) is 21.4. The van der Waals surface area contributed by atoms with Crippen molar-refractivity contribution in [3.8, 4) is 16.9 Å². The molecule has 5 heteroatoms. The fourth-order valence-corrected chi connectivity index (χ4v) is 4.28. The van der Waals surface area contributed by atoms with Crippen LogP contribution in [0.2, 0.25) is 5.02 Å². The van der Waals surface area contributed by atoms with Gasteiger partial charge in [-0.15, -0.1) is 0 Å². The highest BCUT2D eigenvalue weighted by atomic mass is 35.5. The first-order valence-electron chi connectivity index (χ1n) is 10.3. The Kier molecular flexibility index (Phi) is 5.08. The molecule has 0 saturated heterocycles. The van der Waals surface area contributed by atoms with Gasteiger partial charge in [0.25, 0.3) is 0 Å². The zero-order valence-corrected chi connectivity index (χ0v) is 18.2. The molecule has 31 heavy (non-hydrogen) atoms. The molecule has 2 heterocycles. The average Bonchev–Trinajstić information content (AvgIpc) is 3.15. The molecule has 0 spiro atoms. The molecule has 1 atom stereocenters. The monoisotopic (exact) mass is 427 g/mol. The van der Waals surface area contributed by atoms with Crippen LogP contribution in [0, 0.1) is 6.92 Å². The fourth-order valence-electron chi connectivity index (χ4n) is 4.16. The van der Waals surface area contributed by atoms with Gasteiger partial charge in [-0.05, 0) is 47.9 Å². The van der Waals surface area contributed by atoms with Crippen LogP contribution in [0.3, 0.4) is 0 Å². The van der Waals surface area contributed by atoms with Gasteiger partial charge in [0.15, 0.2) is 5.82 Å². The molecule has 0 fully saturated rings. The summed E-state index contributed by atoms with van der Waals surface area (Å²) in [5, 5.41) is 5.64. The predicted octanol–water partition coefficient (Wildman–Crippen LogP) is 6.63. The summed E-state index contributed by atoms with van der Waals surface area (Å²) in [7, 11) is 1.68. The molecule has 3 aromatic carbocycles. The van der Waals surface area contributed by atoms with Gasteiger partial charge in [-0.3, -0.25) is 0 Å². The first-order chi connectivity index (χ1) is 15.1. The van der Waals surface area contributed by atoms with Crippen LogP contribution in [0.5, 0.6) is 5.75 Å². The molecule has 0 amide bonds. The summed E-state index contributed by atoms with van der Waals surface area (Å²) < 4.78 is 7.41. The lowest BCUT2D eigenvalue weighted by Crippen LogP contribution is -2.21. The van der Waals surface area contributed by atoms with Gasteiger partial charge >= 0.3 is 0 Å². The third kappa shape index (κ3) is 3.64. The second kappa shape index (κ2) is 8.05. The van der Waals surface area contributed by atoms with Crippen molar-refractivity contribution in [2.24, 2.45) is 4.99 Å². The molecular formula is C26H22ClN3O. The minimum atomic E-state index is 0.0494. The molecule has 1 aliphatic heterocycles. The Balaban J connectivity index is 1.69. The van der Waals surface area contributed by atoms with Gasteiger partial charge < -0.3 is 4.74 Å². The van der Waals surface area contributed by atoms with Gasteiger partial charge in [-0.2, -0.15) is 5.10 Å². The summed E-state index contributed by atoms with van der Waals surface area (Å²) in [6, 6.07) is 26.5. The van der Waals surface area contributed by atoms with Crippen molar-refractivity contribution < 1.29 is 4.74 Å². The number of aryl methyl sites for hydroxylation is 1. The van der Waals surface area contributed by atoms with E-state index in [4.69, 9.17) is 26.4 Å². The van der Waals surface area contributed by atoms with Crippen molar-refractivity contribution in [3.05, 3.63) is 101 Å². The number of ether oxygens (including phenoxy) is 1. The Labute approximate surface area is 186 Å². The number of hydrogen-bond donors (Lipinski definition) is 0. The number of methoxy groups -OCH3 is 1. The molecule has 0 N–H and O–H groups in total. The van der Waals surface area contributed by atoms with Gasteiger partial charge in [-0.25, -0.2) is 9.67 Å². The van der Waals surface area contributed by atoms with Crippen molar-refractivity contribution in [1.82, 2.24) is 9.78 Å². The van der Waals surface area contributed by atoms with Gasteiger partial charge in [0.05, 0.1) is 24.6 Å². The van der Waals surface area contributed by atoms with E-state index in [9.17, 15) is 0 Å². The number of rotatable bonds is 4. The Morgan fingerprint density at radius 2 is 1.61 bits per heavy atom. The average molecular weight is 428 g/mol. The lowest BCUT2D eigenvalue weighted by molar-refractivity contribution is 0.414. The minimum Gasteiger partial charge on any atom is -0.497 e. The van der Waals surface area contributed by atoms with E-state index in [1.807, 2.05) is 49.4 Å². The molecule has 5 rings (SSSR count).